The number of rotatable bonds is 4. The van der Waals surface area contributed by atoms with Gasteiger partial charge < -0.3 is 9.47 Å². The van der Waals surface area contributed by atoms with E-state index in [4.69, 9.17) is 4.74 Å². The van der Waals surface area contributed by atoms with Crippen molar-refractivity contribution in [1.82, 2.24) is 0 Å². The van der Waals surface area contributed by atoms with Crippen LogP contribution in [0.5, 0.6) is 5.75 Å². The molecule has 0 spiro atoms. The summed E-state index contributed by atoms with van der Waals surface area (Å²) in [5.74, 6) is 0.500. The van der Waals surface area contributed by atoms with Crippen molar-refractivity contribution in [2.45, 2.75) is 11.2 Å². The molecule has 0 radical (unpaired) electrons. The van der Waals surface area contributed by atoms with Crippen molar-refractivity contribution in [2.75, 3.05) is 14.2 Å². The highest BCUT2D eigenvalue weighted by Crippen LogP contribution is 2.26. The van der Waals surface area contributed by atoms with Crippen LogP contribution in [0.2, 0.25) is 0 Å². The highest BCUT2D eigenvalue weighted by atomic mass is 79.9. The van der Waals surface area contributed by atoms with Gasteiger partial charge in [0.15, 0.2) is 0 Å². The Morgan fingerprint density at radius 2 is 2.12 bits per heavy atom. The molecular weight excluding hydrogens is 340 g/mol. The van der Waals surface area contributed by atoms with Crippen LogP contribution in [-0.4, -0.2) is 25.0 Å². The summed E-state index contributed by atoms with van der Waals surface area (Å²) in [6, 6.07) is 5.70. The third-order valence-electron chi connectivity index (χ3n) is 2.09. The number of alkyl halides is 1. The Hall–Kier alpha value is -0.550. The van der Waals surface area contributed by atoms with Gasteiger partial charge in [-0.1, -0.05) is 22.0 Å². The van der Waals surface area contributed by atoms with E-state index in [0.717, 1.165) is 15.8 Å². The van der Waals surface area contributed by atoms with Crippen molar-refractivity contribution in [1.29, 1.82) is 0 Å². The van der Waals surface area contributed by atoms with Gasteiger partial charge in [0.05, 0.1) is 18.7 Å². The predicted molar refractivity (Wildman–Crippen MR) is 69.1 cm³/mol. The Kier molecular flexibility index (Phi) is 5.28. The van der Waals surface area contributed by atoms with E-state index in [1.54, 1.807) is 7.11 Å². The lowest BCUT2D eigenvalue weighted by atomic mass is 10.1. The van der Waals surface area contributed by atoms with E-state index in [2.05, 4.69) is 36.6 Å². The maximum atomic E-state index is 11.2. The summed E-state index contributed by atoms with van der Waals surface area (Å²) in [7, 11) is 2.99. The SMILES string of the molecule is COC(=O)C(Br)Cc1ccc(OC)c(Br)c1. The third-order valence-corrected chi connectivity index (χ3v) is 3.41. The molecule has 0 heterocycles. The molecule has 0 aliphatic heterocycles. The summed E-state index contributed by atoms with van der Waals surface area (Å²) in [6.45, 7) is 0. The molecule has 0 saturated carbocycles. The summed E-state index contributed by atoms with van der Waals surface area (Å²) in [5.41, 5.74) is 1.03. The molecule has 0 N–H and O–H groups in total. The molecule has 0 aromatic heterocycles. The molecule has 0 amide bonds. The molecule has 1 atom stereocenters. The van der Waals surface area contributed by atoms with Gasteiger partial charge in [-0.2, -0.15) is 0 Å². The largest absolute Gasteiger partial charge is 0.496 e. The van der Waals surface area contributed by atoms with Gasteiger partial charge in [-0.05, 0) is 40.0 Å². The summed E-state index contributed by atoms with van der Waals surface area (Å²) >= 11 is 6.67. The van der Waals surface area contributed by atoms with Crippen LogP contribution in [0.1, 0.15) is 5.56 Å². The number of halogens is 2. The first-order valence-corrected chi connectivity index (χ1v) is 6.33. The predicted octanol–water partition coefficient (Wildman–Crippen LogP) is 2.94. The quantitative estimate of drug-likeness (QED) is 0.618. The molecule has 1 aromatic rings. The zero-order chi connectivity index (χ0) is 12.1. The molecule has 1 unspecified atom stereocenters. The van der Waals surface area contributed by atoms with Gasteiger partial charge in [-0.15, -0.1) is 0 Å². The second-order valence-electron chi connectivity index (χ2n) is 3.16. The molecule has 0 bridgehead atoms. The highest BCUT2D eigenvalue weighted by Gasteiger charge is 2.16. The molecule has 0 saturated heterocycles. The van der Waals surface area contributed by atoms with Crippen molar-refractivity contribution in [3.8, 4) is 5.75 Å². The molecular formula is C11H12Br2O3. The number of hydrogen-bond donors (Lipinski definition) is 0. The normalized spacial score (nSPS) is 12.0. The van der Waals surface area contributed by atoms with Crippen molar-refractivity contribution in [3.63, 3.8) is 0 Å². The summed E-state index contributed by atoms with van der Waals surface area (Å²) in [6.07, 6.45) is 0.579. The standard InChI is InChI=1S/C11H12Br2O3/c1-15-10-4-3-7(5-8(10)12)6-9(13)11(14)16-2/h3-5,9H,6H2,1-2H3. The van der Waals surface area contributed by atoms with Crippen LogP contribution < -0.4 is 4.74 Å². The number of hydrogen-bond acceptors (Lipinski definition) is 3. The fourth-order valence-electron chi connectivity index (χ4n) is 1.26. The summed E-state index contributed by atoms with van der Waals surface area (Å²) in [5, 5.41) is 0. The van der Waals surface area contributed by atoms with E-state index in [1.165, 1.54) is 7.11 Å². The van der Waals surface area contributed by atoms with Crippen LogP contribution in [0.3, 0.4) is 0 Å². The van der Waals surface area contributed by atoms with E-state index in [0.29, 0.717) is 6.42 Å². The topological polar surface area (TPSA) is 35.5 Å². The monoisotopic (exact) mass is 350 g/mol. The van der Waals surface area contributed by atoms with Gasteiger partial charge in [0.1, 0.15) is 10.6 Å². The lowest BCUT2D eigenvalue weighted by Crippen LogP contribution is -2.18. The van der Waals surface area contributed by atoms with Crippen LogP contribution in [-0.2, 0) is 16.0 Å². The maximum absolute atomic E-state index is 11.2. The zero-order valence-electron chi connectivity index (χ0n) is 9.00. The molecule has 5 heteroatoms. The molecule has 0 fully saturated rings. The van der Waals surface area contributed by atoms with Crippen molar-refractivity contribution in [2.24, 2.45) is 0 Å². The van der Waals surface area contributed by atoms with Crippen molar-refractivity contribution < 1.29 is 14.3 Å². The molecule has 1 rings (SSSR count). The van der Waals surface area contributed by atoms with Gasteiger partial charge in [0.25, 0.3) is 0 Å². The molecule has 0 aliphatic carbocycles. The summed E-state index contributed by atoms with van der Waals surface area (Å²) < 4.78 is 10.6. The molecule has 88 valence electrons. The molecule has 0 aliphatic rings. The molecule has 3 nitrogen and oxygen atoms in total. The Morgan fingerprint density at radius 1 is 1.44 bits per heavy atom. The zero-order valence-corrected chi connectivity index (χ0v) is 12.2. The Morgan fingerprint density at radius 3 is 2.62 bits per heavy atom. The minimum absolute atomic E-state index is 0.271. The minimum Gasteiger partial charge on any atom is -0.496 e. The second kappa shape index (κ2) is 6.25. The van der Waals surface area contributed by atoms with Gasteiger partial charge in [0, 0.05) is 0 Å². The van der Waals surface area contributed by atoms with Crippen LogP contribution in [0, 0.1) is 0 Å². The first-order valence-electron chi connectivity index (χ1n) is 4.62. The number of ether oxygens (including phenoxy) is 2. The Balaban J connectivity index is 2.75. The maximum Gasteiger partial charge on any atom is 0.319 e. The van der Waals surface area contributed by atoms with Crippen LogP contribution in [0.25, 0.3) is 0 Å². The van der Waals surface area contributed by atoms with E-state index in [-0.39, 0.29) is 10.8 Å². The summed E-state index contributed by atoms with van der Waals surface area (Å²) in [4.78, 5) is 10.9. The van der Waals surface area contributed by atoms with Crippen molar-refractivity contribution in [3.05, 3.63) is 28.2 Å². The Bertz CT molecular complexity index is 379. The van der Waals surface area contributed by atoms with Gasteiger partial charge >= 0.3 is 5.97 Å². The fraction of sp³-hybridized carbons (Fsp3) is 0.364. The van der Waals surface area contributed by atoms with E-state index in [9.17, 15) is 4.79 Å². The smallest absolute Gasteiger partial charge is 0.319 e. The lowest BCUT2D eigenvalue weighted by Gasteiger charge is -2.09. The fourth-order valence-corrected chi connectivity index (χ4v) is 2.40. The van der Waals surface area contributed by atoms with Crippen LogP contribution in [0.4, 0.5) is 0 Å². The number of methoxy groups -OCH3 is 2. The van der Waals surface area contributed by atoms with E-state index >= 15 is 0 Å². The van der Waals surface area contributed by atoms with E-state index in [1.807, 2.05) is 18.2 Å². The van der Waals surface area contributed by atoms with Crippen LogP contribution >= 0.6 is 31.9 Å². The van der Waals surface area contributed by atoms with Crippen LogP contribution in [0.15, 0.2) is 22.7 Å². The number of carbonyl (C=O) groups is 1. The van der Waals surface area contributed by atoms with Gasteiger partial charge in [-0.25, -0.2) is 0 Å². The first-order chi connectivity index (χ1) is 7.58. The lowest BCUT2D eigenvalue weighted by molar-refractivity contribution is -0.139. The molecule has 16 heavy (non-hydrogen) atoms. The number of benzene rings is 1. The number of carbonyl (C=O) groups excluding carboxylic acids is 1. The van der Waals surface area contributed by atoms with Gasteiger partial charge in [-0.3, -0.25) is 4.79 Å². The first kappa shape index (κ1) is 13.5. The average molecular weight is 352 g/mol. The minimum atomic E-state index is -0.321. The van der Waals surface area contributed by atoms with Crippen molar-refractivity contribution >= 4 is 37.8 Å². The highest BCUT2D eigenvalue weighted by molar-refractivity contribution is 9.10. The average Bonchev–Trinajstić information content (AvgIpc) is 2.28. The Labute approximate surface area is 111 Å². The molecule has 1 aromatic carbocycles. The third kappa shape index (κ3) is 3.49. The van der Waals surface area contributed by atoms with E-state index < -0.39 is 0 Å². The second-order valence-corrected chi connectivity index (χ2v) is 5.12. The number of esters is 1. The van der Waals surface area contributed by atoms with Gasteiger partial charge in [0.2, 0.25) is 0 Å².